The van der Waals surface area contributed by atoms with E-state index in [1.807, 2.05) is 23.7 Å². The number of benzene rings is 1. The smallest absolute Gasteiger partial charge is 0.106 e. The van der Waals surface area contributed by atoms with Crippen LogP contribution in [0.5, 0.6) is 0 Å². The summed E-state index contributed by atoms with van der Waals surface area (Å²) in [5, 5.41) is 7.27. The second-order valence-corrected chi connectivity index (χ2v) is 5.02. The van der Waals surface area contributed by atoms with Gasteiger partial charge in [-0.3, -0.25) is 0 Å². The van der Waals surface area contributed by atoms with Gasteiger partial charge in [-0.25, -0.2) is 4.98 Å². The van der Waals surface area contributed by atoms with E-state index in [0.717, 1.165) is 23.1 Å². The summed E-state index contributed by atoms with van der Waals surface area (Å²) < 4.78 is 0. The quantitative estimate of drug-likeness (QED) is 0.902. The standard InChI is InChI=1S/C12H13ClN2S/c1-9-6-11(13)3-2-10(9)7-14-8-12-15-4-5-16-12/h2-6,14H,7-8H2,1H3. The minimum Gasteiger partial charge on any atom is -0.306 e. The minimum absolute atomic E-state index is 0.793. The number of thiazole rings is 1. The molecule has 0 spiro atoms. The van der Waals surface area contributed by atoms with Crippen molar-refractivity contribution in [3.63, 3.8) is 0 Å². The van der Waals surface area contributed by atoms with Crippen LogP contribution in [-0.2, 0) is 13.1 Å². The maximum Gasteiger partial charge on any atom is 0.106 e. The van der Waals surface area contributed by atoms with Gasteiger partial charge in [-0.1, -0.05) is 17.7 Å². The number of nitrogens with one attached hydrogen (secondary N) is 1. The topological polar surface area (TPSA) is 24.9 Å². The number of aromatic nitrogens is 1. The molecular weight excluding hydrogens is 240 g/mol. The molecule has 84 valence electrons. The molecule has 0 radical (unpaired) electrons. The molecule has 0 unspecified atom stereocenters. The fourth-order valence-electron chi connectivity index (χ4n) is 1.50. The highest BCUT2D eigenvalue weighted by atomic mass is 35.5. The van der Waals surface area contributed by atoms with Crippen LogP contribution in [0.25, 0.3) is 0 Å². The lowest BCUT2D eigenvalue weighted by molar-refractivity contribution is 0.687. The van der Waals surface area contributed by atoms with Crippen molar-refractivity contribution in [2.45, 2.75) is 20.0 Å². The predicted molar refractivity (Wildman–Crippen MR) is 68.8 cm³/mol. The van der Waals surface area contributed by atoms with Gasteiger partial charge in [0.15, 0.2) is 0 Å². The summed E-state index contributed by atoms with van der Waals surface area (Å²) in [5.41, 5.74) is 2.50. The van der Waals surface area contributed by atoms with Crippen LogP contribution in [0.2, 0.25) is 5.02 Å². The largest absolute Gasteiger partial charge is 0.306 e. The van der Waals surface area contributed by atoms with E-state index in [9.17, 15) is 0 Å². The zero-order valence-corrected chi connectivity index (χ0v) is 10.6. The van der Waals surface area contributed by atoms with Crippen molar-refractivity contribution in [2.75, 3.05) is 0 Å². The predicted octanol–water partition coefficient (Wildman–Crippen LogP) is 3.39. The second-order valence-electron chi connectivity index (χ2n) is 3.60. The van der Waals surface area contributed by atoms with Gasteiger partial charge in [0, 0.05) is 29.7 Å². The number of halogens is 1. The molecule has 0 aliphatic rings. The van der Waals surface area contributed by atoms with Crippen LogP contribution < -0.4 is 5.32 Å². The molecule has 0 fully saturated rings. The molecule has 2 rings (SSSR count). The highest BCUT2D eigenvalue weighted by Crippen LogP contribution is 2.15. The lowest BCUT2D eigenvalue weighted by atomic mass is 10.1. The van der Waals surface area contributed by atoms with E-state index < -0.39 is 0 Å². The van der Waals surface area contributed by atoms with Crippen LogP contribution in [0.15, 0.2) is 29.8 Å². The molecule has 0 saturated heterocycles. The van der Waals surface area contributed by atoms with Gasteiger partial charge in [-0.15, -0.1) is 11.3 Å². The van der Waals surface area contributed by atoms with Crippen LogP contribution in [0.4, 0.5) is 0 Å². The lowest BCUT2D eigenvalue weighted by Crippen LogP contribution is -2.13. The first-order valence-electron chi connectivity index (χ1n) is 5.10. The molecule has 16 heavy (non-hydrogen) atoms. The fourth-order valence-corrected chi connectivity index (χ4v) is 2.31. The highest BCUT2D eigenvalue weighted by molar-refractivity contribution is 7.09. The zero-order valence-electron chi connectivity index (χ0n) is 9.03. The third-order valence-electron chi connectivity index (χ3n) is 2.38. The van der Waals surface area contributed by atoms with Gasteiger partial charge in [-0.05, 0) is 30.2 Å². The molecule has 2 aromatic rings. The third-order valence-corrected chi connectivity index (χ3v) is 3.39. The molecule has 0 saturated carbocycles. The van der Waals surface area contributed by atoms with Crippen molar-refractivity contribution < 1.29 is 0 Å². The van der Waals surface area contributed by atoms with Gasteiger partial charge >= 0.3 is 0 Å². The molecular formula is C12H13ClN2S. The van der Waals surface area contributed by atoms with Gasteiger partial charge in [-0.2, -0.15) is 0 Å². The summed E-state index contributed by atoms with van der Waals surface area (Å²) in [6.07, 6.45) is 1.83. The second kappa shape index (κ2) is 5.43. The molecule has 4 heteroatoms. The van der Waals surface area contributed by atoms with E-state index >= 15 is 0 Å². The van der Waals surface area contributed by atoms with Crippen LogP contribution in [0, 0.1) is 6.92 Å². The Kier molecular flexibility index (Phi) is 3.93. The molecule has 1 N–H and O–H groups in total. The Morgan fingerprint density at radius 1 is 1.38 bits per heavy atom. The Bertz CT molecular complexity index is 454. The van der Waals surface area contributed by atoms with E-state index in [2.05, 4.69) is 23.3 Å². The van der Waals surface area contributed by atoms with Crippen LogP contribution in [0.3, 0.4) is 0 Å². The SMILES string of the molecule is Cc1cc(Cl)ccc1CNCc1nccs1. The molecule has 0 atom stereocenters. The number of aryl methyl sites for hydroxylation is 1. The first-order chi connectivity index (χ1) is 7.75. The maximum absolute atomic E-state index is 5.90. The summed E-state index contributed by atoms with van der Waals surface area (Å²) >= 11 is 7.57. The molecule has 1 heterocycles. The van der Waals surface area contributed by atoms with Crippen LogP contribution in [0.1, 0.15) is 16.1 Å². The first kappa shape index (κ1) is 11.6. The first-order valence-corrected chi connectivity index (χ1v) is 6.35. The highest BCUT2D eigenvalue weighted by Gasteiger charge is 2.00. The van der Waals surface area contributed by atoms with E-state index in [-0.39, 0.29) is 0 Å². The average Bonchev–Trinajstić information content (AvgIpc) is 2.74. The monoisotopic (exact) mass is 252 g/mol. The molecule has 2 nitrogen and oxygen atoms in total. The average molecular weight is 253 g/mol. The summed E-state index contributed by atoms with van der Waals surface area (Å²) in [6.45, 7) is 3.74. The summed E-state index contributed by atoms with van der Waals surface area (Å²) in [6, 6.07) is 5.98. The van der Waals surface area contributed by atoms with Gasteiger partial charge in [0.25, 0.3) is 0 Å². The number of rotatable bonds is 4. The Balaban J connectivity index is 1.90. The van der Waals surface area contributed by atoms with E-state index in [1.165, 1.54) is 11.1 Å². The Hall–Kier alpha value is -0.900. The Labute approximate surface area is 104 Å². The number of hydrogen-bond acceptors (Lipinski definition) is 3. The van der Waals surface area contributed by atoms with Crippen molar-refractivity contribution >= 4 is 22.9 Å². The molecule has 0 amide bonds. The van der Waals surface area contributed by atoms with Crippen LogP contribution >= 0.6 is 22.9 Å². The maximum atomic E-state index is 5.90. The zero-order chi connectivity index (χ0) is 11.4. The van der Waals surface area contributed by atoms with Gasteiger partial charge in [0.2, 0.25) is 0 Å². The van der Waals surface area contributed by atoms with E-state index in [1.54, 1.807) is 11.3 Å². The van der Waals surface area contributed by atoms with Crippen molar-refractivity contribution in [1.29, 1.82) is 0 Å². The van der Waals surface area contributed by atoms with Gasteiger partial charge < -0.3 is 5.32 Å². The van der Waals surface area contributed by atoms with E-state index in [0.29, 0.717) is 0 Å². The molecule has 1 aromatic carbocycles. The molecule has 0 bridgehead atoms. The summed E-state index contributed by atoms with van der Waals surface area (Å²) in [7, 11) is 0. The Morgan fingerprint density at radius 2 is 2.25 bits per heavy atom. The van der Waals surface area contributed by atoms with Crippen LogP contribution in [-0.4, -0.2) is 4.98 Å². The lowest BCUT2D eigenvalue weighted by Gasteiger charge is -2.06. The number of hydrogen-bond donors (Lipinski definition) is 1. The van der Waals surface area contributed by atoms with E-state index in [4.69, 9.17) is 11.6 Å². The molecule has 1 aromatic heterocycles. The van der Waals surface area contributed by atoms with Gasteiger partial charge in [0.1, 0.15) is 5.01 Å². The van der Waals surface area contributed by atoms with Crippen molar-refractivity contribution in [1.82, 2.24) is 10.3 Å². The normalized spacial score (nSPS) is 10.6. The fraction of sp³-hybridized carbons (Fsp3) is 0.250. The summed E-state index contributed by atoms with van der Waals surface area (Å²) in [4.78, 5) is 4.22. The minimum atomic E-state index is 0.793. The van der Waals surface area contributed by atoms with Gasteiger partial charge in [0.05, 0.1) is 0 Å². The third kappa shape index (κ3) is 3.04. The number of nitrogens with zero attached hydrogens (tertiary/aromatic N) is 1. The van der Waals surface area contributed by atoms with Crippen molar-refractivity contribution in [2.24, 2.45) is 0 Å². The Morgan fingerprint density at radius 3 is 2.94 bits per heavy atom. The molecule has 0 aliphatic heterocycles. The van der Waals surface area contributed by atoms with Crippen molar-refractivity contribution in [3.8, 4) is 0 Å². The van der Waals surface area contributed by atoms with Crippen molar-refractivity contribution in [3.05, 3.63) is 50.9 Å². The molecule has 0 aliphatic carbocycles. The summed E-state index contributed by atoms with van der Waals surface area (Å²) in [5.74, 6) is 0.